The van der Waals surface area contributed by atoms with Crippen LogP contribution in [0.4, 0.5) is 0 Å². The molecule has 1 unspecified atom stereocenters. The largest absolute Gasteiger partial charge is 0.486 e. The Morgan fingerprint density at radius 2 is 1.68 bits per heavy atom. The smallest absolute Gasteiger partial charge is 0.124 e. The number of rotatable bonds is 7. The third-order valence-corrected chi connectivity index (χ3v) is 4.30. The molecule has 0 saturated carbocycles. The van der Waals surface area contributed by atoms with Crippen LogP contribution in [-0.4, -0.2) is 9.78 Å². The molecule has 2 aromatic carbocycles. The first kappa shape index (κ1) is 17.3. The maximum absolute atomic E-state index is 6.25. The lowest BCUT2D eigenvalue weighted by atomic mass is 10.1. The van der Waals surface area contributed by atoms with E-state index in [1.807, 2.05) is 29.1 Å². The minimum Gasteiger partial charge on any atom is -0.486 e. The molecule has 0 aliphatic carbocycles. The zero-order chi connectivity index (χ0) is 17.6. The van der Waals surface area contributed by atoms with Crippen molar-refractivity contribution in [3.8, 4) is 11.4 Å². The second-order valence-corrected chi connectivity index (χ2v) is 6.64. The summed E-state index contributed by atoms with van der Waals surface area (Å²) in [7, 11) is 0. The molecule has 0 bridgehead atoms. The topological polar surface area (TPSA) is 27.1 Å². The zero-order valence-electron chi connectivity index (χ0n) is 15.2. The molecule has 25 heavy (non-hydrogen) atoms. The fourth-order valence-electron chi connectivity index (χ4n) is 2.85. The van der Waals surface area contributed by atoms with Crippen molar-refractivity contribution in [3.05, 3.63) is 78.1 Å². The minimum absolute atomic E-state index is 0.0919. The van der Waals surface area contributed by atoms with E-state index in [4.69, 9.17) is 4.74 Å². The Hall–Kier alpha value is -2.55. The van der Waals surface area contributed by atoms with Gasteiger partial charge in [-0.05, 0) is 48.2 Å². The quantitative estimate of drug-likeness (QED) is 0.536. The molecule has 0 aliphatic rings. The minimum atomic E-state index is 0.0919. The molecule has 1 atom stereocenters. The van der Waals surface area contributed by atoms with Gasteiger partial charge in [-0.1, -0.05) is 57.5 Å². The van der Waals surface area contributed by atoms with Crippen LogP contribution in [0.5, 0.6) is 5.75 Å². The molecular formula is C22H26N2O. The van der Waals surface area contributed by atoms with Crippen LogP contribution < -0.4 is 4.74 Å². The lowest BCUT2D eigenvalue weighted by Gasteiger charge is -2.19. The van der Waals surface area contributed by atoms with Gasteiger partial charge < -0.3 is 4.74 Å². The van der Waals surface area contributed by atoms with Crippen molar-refractivity contribution < 1.29 is 4.74 Å². The first-order valence-corrected chi connectivity index (χ1v) is 9.05. The van der Waals surface area contributed by atoms with Gasteiger partial charge in [-0.2, -0.15) is 5.10 Å². The van der Waals surface area contributed by atoms with Crippen LogP contribution in [0.2, 0.25) is 0 Å². The molecule has 0 spiro atoms. The molecule has 0 N–H and O–H groups in total. The predicted octanol–water partition coefficient (Wildman–Crippen LogP) is 5.92. The van der Waals surface area contributed by atoms with Gasteiger partial charge in [0.2, 0.25) is 0 Å². The number of hydrogen-bond acceptors (Lipinski definition) is 2. The number of aromatic nitrogens is 2. The molecule has 1 heterocycles. The third-order valence-electron chi connectivity index (χ3n) is 4.30. The van der Waals surface area contributed by atoms with Gasteiger partial charge in [0.1, 0.15) is 11.9 Å². The van der Waals surface area contributed by atoms with Crippen molar-refractivity contribution >= 4 is 0 Å². The van der Waals surface area contributed by atoms with E-state index in [1.54, 1.807) is 0 Å². The highest BCUT2D eigenvalue weighted by atomic mass is 16.5. The Bertz CT molecular complexity index is 775. The Morgan fingerprint density at radius 3 is 2.28 bits per heavy atom. The summed E-state index contributed by atoms with van der Waals surface area (Å²) in [5, 5.41) is 4.62. The summed E-state index contributed by atoms with van der Waals surface area (Å²) in [4.78, 5) is 0. The summed E-state index contributed by atoms with van der Waals surface area (Å²) in [5.41, 5.74) is 3.38. The van der Waals surface area contributed by atoms with Gasteiger partial charge in [0.05, 0.1) is 11.4 Å². The van der Waals surface area contributed by atoms with E-state index in [9.17, 15) is 0 Å². The van der Waals surface area contributed by atoms with Crippen molar-refractivity contribution in [2.24, 2.45) is 0 Å². The third kappa shape index (κ3) is 4.30. The van der Waals surface area contributed by atoms with Crippen molar-refractivity contribution in [2.45, 2.75) is 45.6 Å². The number of nitrogens with zero attached hydrogens (tertiary/aromatic N) is 2. The standard InChI is InChI=1S/C22H26N2O/c1-4-8-22(18-9-6-5-7-10-18)25-20-13-11-19(12-14-20)24-16-15-21(23-24)17(2)3/h5-7,9-17,22H,4,8H2,1-3H3. The summed E-state index contributed by atoms with van der Waals surface area (Å²) in [6, 6.07) is 20.7. The molecule has 3 rings (SSSR count). The molecule has 130 valence electrons. The van der Waals surface area contributed by atoms with Gasteiger partial charge in [-0.25, -0.2) is 4.68 Å². The van der Waals surface area contributed by atoms with Crippen LogP contribution in [-0.2, 0) is 0 Å². The van der Waals surface area contributed by atoms with Crippen LogP contribution in [0.3, 0.4) is 0 Å². The molecule has 0 radical (unpaired) electrons. The normalized spacial score (nSPS) is 12.3. The molecule has 0 saturated heterocycles. The fraction of sp³-hybridized carbons (Fsp3) is 0.318. The summed E-state index contributed by atoms with van der Waals surface area (Å²) in [6.45, 7) is 6.49. The number of benzene rings is 2. The molecule has 0 aliphatic heterocycles. The lowest BCUT2D eigenvalue weighted by molar-refractivity contribution is 0.194. The van der Waals surface area contributed by atoms with E-state index in [2.05, 4.69) is 68.3 Å². The average molecular weight is 334 g/mol. The van der Waals surface area contributed by atoms with Gasteiger partial charge in [-0.15, -0.1) is 0 Å². The fourth-order valence-corrected chi connectivity index (χ4v) is 2.85. The van der Waals surface area contributed by atoms with Crippen molar-refractivity contribution in [3.63, 3.8) is 0 Å². The molecule has 1 aromatic heterocycles. The van der Waals surface area contributed by atoms with E-state index >= 15 is 0 Å². The average Bonchev–Trinajstić information content (AvgIpc) is 3.13. The first-order chi connectivity index (χ1) is 12.2. The van der Waals surface area contributed by atoms with E-state index in [-0.39, 0.29) is 6.10 Å². The summed E-state index contributed by atoms with van der Waals surface area (Å²) < 4.78 is 8.16. The Kier molecular flexibility index (Phi) is 5.54. The van der Waals surface area contributed by atoms with E-state index in [1.165, 1.54) is 5.56 Å². The maximum atomic E-state index is 6.25. The summed E-state index contributed by atoms with van der Waals surface area (Å²) in [5.74, 6) is 1.33. The van der Waals surface area contributed by atoms with E-state index in [0.29, 0.717) is 5.92 Å². The molecule has 3 aromatic rings. The highest BCUT2D eigenvalue weighted by Gasteiger charge is 2.12. The Labute approximate surface area is 150 Å². The highest BCUT2D eigenvalue weighted by molar-refractivity contribution is 5.37. The molecule has 0 fully saturated rings. The molecule has 0 amide bonds. The van der Waals surface area contributed by atoms with Crippen LogP contribution in [0.15, 0.2) is 66.9 Å². The Balaban J connectivity index is 1.74. The number of ether oxygens (including phenoxy) is 1. The van der Waals surface area contributed by atoms with Gasteiger partial charge >= 0.3 is 0 Å². The molecule has 3 heteroatoms. The second-order valence-electron chi connectivity index (χ2n) is 6.64. The van der Waals surface area contributed by atoms with Gasteiger partial charge in [0, 0.05) is 6.20 Å². The predicted molar refractivity (Wildman–Crippen MR) is 102 cm³/mol. The summed E-state index contributed by atoms with van der Waals surface area (Å²) in [6.07, 6.45) is 4.19. The molecule has 3 nitrogen and oxygen atoms in total. The van der Waals surface area contributed by atoms with Crippen molar-refractivity contribution in [1.82, 2.24) is 9.78 Å². The van der Waals surface area contributed by atoms with Crippen molar-refractivity contribution in [2.75, 3.05) is 0 Å². The van der Waals surface area contributed by atoms with Crippen LogP contribution in [0, 0.1) is 0 Å². The maximum Gasteiger partial charge on any atom is 0.124 e. The summed E-state index contributed by atoms with van der Waals surface area (Å²) >= 11 is 0. The number of hydrogen-bond donors (Lipinski definition) is 0. The van der Waals surface area contributed by atoms with Gasteiger partial charge in [0.15, 0.2) is 0 Å². The zero-order valence-corrected chi connectivity index (χ0v) is 15.2. The first-order valence-electron chi connectivity index (χ1n) is 9.05. The van der Waals surface area contributed by atoms with E-state index < -0.39 is 0 Å². The Morgan fingerprint density at radius 1 is 0.960 bits per heavy atom. The SMILES string of the molecule is CCCC(Oc1ccc(-n2ccc(C(C)C)n2)cc1)c1ccccc1. The van der Waals surface area contributed by atoms with E-state index in [0.717, 1.165) is 30.0 Å². The van der Waals surface area contributed by atoms with Gasteiger partial charge in [0.25, 0.3) is 0 Å². The van der Waals surface area contributed by atoms with Crippen LogP contribution in [0.1, 0.15) is 56.9 Å². The highest BCUT2D eigenvalue weighted by Crippen LogP contribution is 2.26. The van der Waals surface area contributed by atoms with Crippen LogP contribution >= 0.6 is 0 Å². The van der Waals surface area contributed by atoms with Gasteiger partial charge in [-0.3, -0.25) is 0 Å². The molecular weight excluding hydrogens is 308 g/mol. The second kappa shape index (κ2) is 8.02. The van der Waals surface area contributed by atoms with Crippen molar-refractivity contribution in [1.29, 1.82) is 0 Å². The van der Waals surface area contributed by atoms with Crippen LogP contribution in [0.25, 0.3) is 5.69 Å². The monoisotopic (exact) mass is 334 g/mol. The lowest BCUT2D eigenvalue weighted by Crippen LogP contribution is -2.07.